The number of carbonyl (C=O) groups is 3. The monoisotopic (exact) mass is 361 g/mol. The zero-order valence-corrected chi connectivity index (χ0v) is 14.8. The van der Waals surface area contributed by atoms with Gasteiger partial charge in [0.15, 0.2) is 0 Å². The van der Waals surface area contributed by atoms with Gasteiger partial charge < -0.3 is 14.8 Å². The molecule has 0 spiro atoms. The lowest BCUT2D eigenvalue weighted by Gasteiger charge is -2.27. The second-order valence-electron chi connectivity index (χ2n) is 5.52. The molecule has 1 N–H and O–H groups in total. The number of amides is 3. The van der Waals surface area contributed by atoms with Gasteiger partial charge in [-0.05, 0) is 38.0 Å². The molecular weight excluding hydrogens is 338 g/mol. The molecule has 8 nitrogen and oxygen atoms in total. The summed E-state index contributed by atoms with van der Waals surface area (Å²) in [6.45, 7) is 6.58. The number of hydrogen-bond donors (Lipinski definition) is 1. The number of hydrazine groups is 1. The summed E-state index contributed by atoms with van der Waals surface area (Å²) in [4.78, 5) is 36.4. The maximum atomic E-state index is 12.5. The molecule has 1 aliphatic heterocycles. The molecular formula is C18H23N3O5. The van der Waals surface area contributed by atoms with Gasteiger partial charge in [-0.3, -0.25) is 0 Å². The van der Waals surface area contributed by atoms with Gasteiger partial charge in [-0.25, -0.2) is 24.4 Å². The van der Waals surface area contributed by atoms with Crippen LogP contribution in [0, 0.1) is 0 Å². The third kappa shape index (κ3) is 4.98. The first-order valence-corrected chi connectivity index (χ1v) is 8.47. The first-order valence-electron chi connectivity index (χ1n) is 8.47. The van der Waals surface area contributed by atoms with Crippen molar-refractivity contribution < 1.29 is 23.9 Å². The van der Waals surface area contributed by atoms with E-state index in [1.54, 1.807) is 31.2 Å². The highest BCUT2D eigenvalue weighted by Gasteiger charge is 2.31. The Balaban J connectivity index is 2.00. The summed E-state index contributed by atoms with van der Waals surface area (Å²) in [6.07, 6.45) is 2.29. The Labute approximate surface area is 152 Å². The lowest BCUT2D eigenvalue weighted by molar-refractivity contribution is 0.0402. The van der Waals surface area contributed by atoms with Crippen LogP contribution in [0.5, 0.6) is 0 Å². The highest BCUT2D eigenvalue weighted by Crippen LogP contribution is 2.17. The number of hydrogen-bond acceptors (Lipinski definition) is 5. The molecule has 3 amide bonds. The molecule has 0 saturated carbocycles. The Morgan fingerprint density at radius 1 is 1.23 bits per heavy atom. The minimum Gasteiger partial charge on any atom is -0.462 e. The van der Waals surface area contributed by atoms with E-state index in [4.69, 9.17) is 9.47 Å². The number of urea groups is 1. The maximum Gasteiger partial charge on any atom is 0.428 e. The topological polar surface area (TPSA) is 88.2 Å². The molecule has 1 aromatic carbocycles. The van der Waals surface area contributed by atoms with Crippen molar-refractivity contribution in [3.8, 4) is 0 Å². The molecule has 0 bridgehead atoms. The Morgan fingerprint density at radius 2 is 2.00 bits per heavy atom. The Hall–Kier alpha value is -3.03. The summed E-state index contributed by atoms with van der Waals surface area (Å²) in [7, 11) is 0. The lowest BCUT2D eigenvalue weighted by atomic mass is 10.2. The van der Waals surface area contributed by atoms with Crippen molar-refractivity contribution >= 4 is 23.8 Å². The predicted octanol–water partition coefficient (Wildman–Crippen LogP) is 3.03. The maximum absolute atomic E-state index is 12.5. The van der Waals surface area contributed by atoms with Crippen LogP contribution in [0.25, 0.3) is 0 Å². The molecule has 1 aromatic rings. The molecule has 26 heavy (non-hydrogen) atoms. The van der Waals surface area contributed by atoms with Crippen LogP contribution in [-0.2, 0) is 9.47 Å². The summed E-state index contributed by atoms with van der Waals surface area (Å²) in [5, 5.41) is 5.26. The minimum absolute atomic E-state index is 0.218. The number of carbonyl (C=O) groups excluding carboxylic acids is 3. The molecule has 8 heteroatoms. The second-order valence-corrected chi connectivity index (χ2v) is 5.52. The van der Waals surface area contributed by atoms with Crippen molar-refractivity contribution in [1.29, 1.82) is 0 Å². The molecule has 0 radical (unpaired) electrons. The normalized spacial score (nSPS) is 13.3. The van der Waals surface area contributed by atoms with E-state index in [9.17, 15) is 14.4 Å². The third-order valence-electron chi connectivity index (χ3n) is 3.65. The van der Waals surface area contributed by atoms with E-state index in [0.717, 1.165) is 0 Å². The van der Waals surface area contributed by atoms with Gasteiger partial charge in [-0.1, -0.05) is 12.1 Å². The lowest BCUT2D eigenvalue weighted by Crippen LogP contribution is -2.47. The van der Waals surface area contributed by atoms with E-state index < -0.39 is 18.1 Å². The predicted molar refractivity (Wildman–Crippen MR) is 95.6 cm³/mol. The molecule has 1 saturated heterocycles. The number of nitrogens with one attached hydrogen (secondary N) is 1. The molecule has 1 heterocycles. The summed E-state index contributed by atoms with van der Waals surface area (Å²) in [5.41, 5.74) is 0.777. The van der Waals surface area contributed by atoms with Crippen LogP contribution in [0.1, 0.15) is 30.1 Å². The first-order chi connectivity index (χ1) is 12.6. The summed E-state index contributed by atoms with van der Waals surface area (Å²) >= 11 is 0. The van der Waals surface area contributed by atoms with Gasteiger partial charge in [0.25, 0.3) is 0 Å². The van der Waals surface area contributed by atoms with Gasteiger partial charge in [0, 0.05) is 18.8 Å². The summed E-state index contributed by atoms with van der Waals surface area (Å²) < 4.78 is 10.1. The van der Waals surface area contributed by atoms with Crippen LogP contribution < -0.4 is 5.32 Å². The van der Waals surface area contributed by atoms with Crippen molar-refractivity contribution in [1.82, 2.24) is 10.0 Å². The van der Waals surface area contributed by atoms with Gasteiger partial charge >= 0.3 is 18.1 Å². The number of benzene rings is 1. The van der Waals surface area contributed by atoms with Gasteiger partial charge in [0.2, 0.25) is 0 Å². The van der Waals surface area contributed by atoms with E-state index in [-0.39, 0.29) is 13.2 Å². The molecule has 2 rings (SSSR count). The van der Waals surface area contributed by atoms with E-state index in [0.29, 0.717) is 37.2 Å². The fourth-order valence-corrected chi connectivity index (χ4v) is 2.44. The number of ether oxygens (including phenoxy) is 2. The van der Waals surface area contributed by atoms with Crippen molar-refractivity contribution in [2.45, 2.75) is 19.8 Å². The molecule has 0 unspecified atom stereocenters. The number of anilines is 1. The number of nitrogens with zero attached hydrogens (tertiary/aromatic N) is 2. The Kier molecular flexibility index (Phi) is 7.02. The number of rotatable bonds is 6. The molecule has 1 aliphatic rings. The Bertz CT molecular complexity index is 677. The van der Waals surface area contributed by atoms with Crippen molar-refractivity contribution in [2.24, 2.45) is 0 Å². The molecule has 0 aliphatic carbocycles. The SMILES string of the molecule is C=CCCOC(=O)N1CCCN1C(=O)Nc1cccc(C(=O)OCC)c1. The fourth-order valence-electron chi connectivity index (χ4n) is 2.44. The zero-order chi connectivity index (χ0) is 18.9. The van der Waals surface area contributed by atoms with E-state index >= 15 is 0 Å². The average molecular weight is 361 g/mol. The molecule has 1 fully saturated rings. The highest BCUT2D eigenvalue weighted by molar-refractivity contribution is 5.94. The second kappa shape index (κ2) is 9.45. The van der Waals surface area contributed by atoms with E-state index in [1.165, 1.54) is 16.1 Å². The van der Waals surface area contributed by atoms with Gasteiger partial charge in [-0.15, -0.1) is 6.58 Å². The summed E-state index contributed by atoms with van der Waals surface area (Å²) in [6, 6.07) is 5.96. The van der Waals surface area contributed by atoms with Gasteiger partial charge in [0.1, 0.15) is 0 Å². The largest absolute Gasteiger partial charge is 0.462 e. The highest BCUT2D eigenvalue weighted by atomic mass is 16.6. The molecule has 140 valence electrons. The summed E-state index contributed by atoms with van der Waals surface area (Å²) in [5.74, 6) is -0.461. The van der Waals surface area contributed by atoms with Crippen LogP contribution in [0.3, 0.4) is 0 Å². The van der Waals surface area contributed by atoms with Crippen molar-refractivity contribution in [2.75, 3.05) is 31.6 Å². The van der Waals surface area contributed by atoms with Gasteiger partial charge in [-0.2, -0.15) is 0 Å². The zero-order valence-electron chi connectivity index (χ0n) is 14.8. The van der Waals surface area contributed by atoms with Crippen LogP contribution in [-0.4, -0.2) is 54.4 Å². The standard InChI is InChI=1S/C18H23N3O5/c1-3-5-12-26-18(24)21-11-7-10-20(21)17(23)19-15-9-6-8-14(13-15)16(22)25-4-2/h3,6,8-9,13H,1,4-5,7,10-12H2,2H3,(H,19,23). The van der Waals surface area contributed by atoms with Crippen LogP contribution in [0.15, 0.2) is 36.9 Å². The quantitative estimate of drug-likeness (QED) is 0.478. The van der Waals surface area contributed by atoms with E-state index in [1.807, 2.05) is 0 Å². The third-order valence-corrected chi connectivity index (χ3v) is 3.65. The number of esters is 1. The van der Waals surface area contributed by atoms with Crippen LogP contribution >= 0.6 is 0 Å². The van der Waals surface area contributed by atoms with E-state index in [2.05, 4.69) is 11.9 Å². The Morgan fingerprint density at radius 3 is 2.73 bits per heavy atom. The first kappa shape index (κ1) is 19.3. The fraction of sp³-hybridized carbons (Fsp3) is 0.389. The smallest absolute Gasteiger partial charge is 0.428 e. The van der Waals surface area contributed by atoms with Crippen molar-refractivity contribution in [3.05, 3.63) is 42.5 Å². The molecule has 0 aromatic heterocycles. The van der Waals surface area contributed by atoms with Crippen LogP contribution in [0.4, 0.5) is 15.3 Å². The average Bonchev–Trinajstić information content (AvgIpc) is 3.12. The van der Waals surface area contributed by atoms with Crippen LogP contribution in [0.2, 0.25) is 0 Å². The van der Waals surface area contributed by atoms with Crippen molar-refractivity contribution in [3.63, 3.8) is 0 Å². The molecule has 0 atom stereocenters. The van der Waals surface area contributed by atoms with Gasteiger partial charge in [0.05, 0.1) is 18.8 Å². The minimum atomic E-state index is -0.570.